The van der Waals surface area contributed by atoms with Gasteiger partial charge in [-0.3, -0.25) is 14.8 Å². The van der Waals surface area contributed by atoms with Crippen LogP contribution in [0.25, 0.3) is 22.6 Å². The summed E-state index contributed by atoms with van der Waals surface area (Å²) in [4.78, 5) is 25.9. The van der Waals surface area contributed by atoms with E-state index < -0.39 is 11.8 Å². The smallest absolute Gasteiger partial charge is 0.277 e. The topological polar surface area (TPSA) is 102 Å². The van der Waals surface area contributed by atoms with E-state index in [1.165, 1.54) is 31.2 Å². The normalized spacial score (nSPS) is 11.4. The van der Waals surface area contributed by atoms with Gasteiger partial charge in [0.05, 0.1) is 24.7 Å². The number of nitrogens with one attached hydrogen (secondary N) is 1. The summed E-state index contributed by atoms with van der Waals surface area (Å²) < 4.78 is 34.4. The van der Waals surface area contributed by atoms with Gasteiger partial charge in [-0.25, -0.2) is 13.8 Å². The SMILES string of the molecule is CCC(F)(F)c1cccc(NC(=O)c2c(C)nc(-c3ccc(OC)c(-c4cnccn4)c3C)n2O)c1. The molecule has 0 fully saturated rings. The summed E-state index contributed by atoms with van der Waals surface area (Å²) in [5.41, 5.74) is 2.61. The Hall–Kier alpha value is -4.34. The number of ether oxygens (including phenoxy) is 1. The second-order valence-electron chi connectivity index (χ2n) is 8.18. The predicted octanol–water partition coefficient (Wildman–Crippen LogP) is 5.62. The first-order chi connectivity index (χ1) is 17.2. The Labute approximate surface area is 206 Å². The minimum atomic E-state index is -3.02. The van der Waals surface area contributed by atoms with E-state index in [1.54, 1.807) is 44.8 Å². The Morgan fingerprint density at radius 3 is 2.64 bits per heavy atom. The molecule has 10 heteroatoms. The van der Waals surface area contributed by atoms with Gasteiger partial charge in [0.1, 0.15) is 5.75 Å². The number of alkyl halides is 2. The molecule has 2 aromatic carbocycles. The number of aromatic nitrogens is 4. The molecule has 186 valence electrons. The molecule has 1 amide bonds. The molecule has 2 N–H and O–H groups in total. The van der Waals surface area contributed by atoms with Gasteiger partial charge in [-0.05, 0) is 43.7 Å². The van der Waals surface area contributed by atoms with E-state index in [1.807, 2.05) is 6.92 Å². The molecule has 36 heavy (non-hydrogen) atoms. The lowest BCUT2D eigenvalue weighted by Gasteiger charge is -2.16. The van der Waals surface area contributed by atoms with Crippen molar-refractivity contribution in [3.05, 3.63) is 77.5 Å². The molecule has 0 saturated carbocycles. The number of imidazole rings is 1. The van der Waals surface area contributed by atoms with Crippen LogP contribution in [0.4, 0.5) is 14.5 Å². The minimum Gasteiger partial charge on any atom is -0.496 e. The van der Waals surface area contributed by atoms with E-state index >= 15 is 0 Å². The third-order valence-corrected chi connectivity index (χ3v) is 5.94. The fraction of sp³-hybridized carbons (Fsp3) is 0.231. The van der Waals surface area contributed by atoms with Crippen LogP contribution in [0.5, 0.6) is 5.75 Å². The molecule has 0 aliphatic carbocycles. The number of amides is 1. The largest absolute Gasteiger partial charge is 0.496 e. The molecular formula is C26H25F2N5O3. The molecule has 0 aliphatic rings. The zero-order chi connectivity index (χ0) is 26.0. The predicted molar refractivity (Wildman–Crippen MR) is 130 cm³/mol. The van der Waals surface area contributed by atoms with E-state index in [4.69, 9.17) is 4.74 Å². The van der Waals surface area contributed by atoms with Crippen molar-refractivity contribution in [3.63, 3.8) is 0 Å². The lowest BCUT2D eigenvalue weighted by Crippen LogP contribution is -2.18. The minimum absolute atomic E-state index is 0.117. The van der Waals surface area contributed by atoms with Gasteiger partial charge in [-0.2, -0.15) is 4.73 Å². The van der Waals surface area contributed by atoms with Gasteiger partial charge >= 0.3 is 0 Å². The Bertz CT molecular complexity index is 1420. The number of rotatable bonds is 7. The van der Waals surface area contributed by atoms with Crippen LogP contribution in [-0.4, -0.2) is 37.9 Å². The quantitative estimate of drug-likeness (QED) is 0.324. The molecule has 0 saturated heterocycles. The number of carbonyl (C=O) groups excluding carboxylic acids is 1. The van der Waals surface area contributed by atoms with Crippen LogP contribution in [0.1, 0.15) is 40.7 Å². The van der Waals surface area contributed by atoms with E-state index in [0.717, 1.165) is 0 Å². The Kier molecular flexibility index (Phi) is 6.69. The molecule has 0 radical (unpaired) electrons. The highest BCUT2D eigenvalue weighted by molar-refractivity contribution is 6.04. The summed E-state index contributed by atoms with van der Waals surface area (Å²) in [6.45, 7) is 4.79. The molecule has 0 atom stereocenters. The third kappa shape index (κ3) is 4.49. The van der Waals surface area contributed by atoms with Gasteiger partial charge in [0.15, 0.2) is 11.5 Å². The number of nitrogens with zero attached hydrogens (tertiary/aromatic N) is 4. The van der Waals surface area contributed by atoms with Crippen LogP contribution in [0.3, 0.4) is 0 Å². The first kappa shape index (κ1) is 24.8. The van der Waals surface area contributed by atoms with Crippen molar-refractivity contribution >= 4 is 11.6 Å². The molecule has 0 unspecified atom stereocenters. The average Bonchev–Trinajstić information content (AvgIpc) is 3.17. The number of hydrogen-bond donors (Lipinski definition) is 2. The van der Waals surface area contributed by atoms with Gasteiger partial charge < -0.3 is 15.3 Å². The van der Waals surface area contributed by atoms with Crippen molar-refractivity contribution in [2.75, 3.05) is 12.4 Å². The highest BCUT2D eigenvalue weighted by Crippen LogP contribution is 2.38. The van der Waals surface area contributed by atoms with Crippen molar-refractivity contribution in [1.29, 1.82) is 0 Å². The standard InChI is InChI=1S/C26H25F2N5O3/c1-5-26(27,28)17-7-6-8-18(13-17)32-25(34)23-16(3)31-24(33(23)35)19-9-10-21(36-4)22(15(19)2)20-14-29-11-12-30-20/h6-14,35H,5H2,1-4H3,(H,32,34). The molecule has 0 aliphatic heterocycles. The van der Waals surface area contributed by atoms with Crippen LogP contribution in [0.2, 0.25) is 0 Å². The zero-order valence-electron chi connectivity index (χ0n) is 20.2. The van der Waals surface area contributed by atoms with E-state index in [0.29, 0.717) is 32.9 Å². The van der Waals surface area contributed by atoms with Gasteiger partial charge in [-0.1, -0.05) is 19.1 Å². The second-order valence-corrected chi connectivity index (χ2v) is 8.18. The number of halogens is 2. The van der Waals surface area contributed by atoms with Gasteiger partial charge in [-0.15, -0.1) is 0 Å². The fourth-order valence-electron chi connectivity index (χ4n) is 4.02. The molecule has 2 aromatic heterocycles. The lowest BCUT2D eigenvalue weighted by molar-refractivity contribution is -0.00824. The molecule has 2 heterocycles. The number of carbonyl (C=O) groups is 1. The maximum absolute atomic E-state index is 14.1. The number of anilines is 1. The summed E-state index contributed by atoms with van der Waals surface area (Å²) in [5.74, 6) is -3.01. The summed E-state index contributed by atoms with van der Waals surface area (Å²) in [7, 11) is 1.54. The van der Waals surface area contributed by atoms with Gasteiger partial charge in [0, 0.05) is 41.2 Å². The van der Waals surface area contributed by atoms with E-state index in [-0.39, 0.29) is 34.9 Å². The van der Waals surface area contributed by atoms with Crippen LogP contribution >= 0.6 is 0 Å². The number of aryl methyl sites for hydroxylation is 1. The lowest BCUT2D eigenvalue weighted by atomic mass is 9.98. The maximum atomic E-state index is 14.1. The van der Waals surface area contributed by atoms with E-state index in [2.05, 4.69) is 20.3 Å². The third-order valence-electron chi connectivity index (χ3n) is 5.94. The molecule has 4 aromatic rings. The summed E-state index contributed by atoms with van der Waals surface area (Å²) >= 11 is 0. The average molecular weight is 494 g/mol. The number of methoxy groups -OCH3 is 1. The van der Waals surface area contributed by atoms with Crippen molar-refractivity contribution in [2.24, 2.45) is 0 Å². The van der Waals surface area contributed by atoms with Crippen molar-refractivity contribution in [2.45, 2.75) is 33.1 Å². The Balaban J connectivity index is 1.72. The van der Waals surface area contributed by atoms with Crippen LogP contribution in [0, 0.1) is 13.8 Å². The van der Waals surface area contributed by atoms with Crippen molar-refractivity contribution in [1.82, 2.24) is 19.7 Å². The van der Waals surface area contributed by atoms with Crippen molar-refractivity contribution < 1.29 is 23.5 Å². The number of benzene rings is 2. The van der Waals surface area contributed by atoms with Crippen LogP contribution in [0.15, 0.2) is 55.0 Å². The Morgan fingerprint density at radius 1 is 1.19 bits per heavy atom. The monoisotopic (exact) mass is 493 g/mol. The highest BCUT2D eigenvalue weighted by atomic mass is 19.3. The molecule has 0 spiro atoms. The summed E-state index contributed by atoms with van der Waals surface area (Å²) in [6.07, 6.45) is 4.35. The summed E-state index contributed by atoms with van der Waals surface area (Å²) in [6, 6.07) is 8.91. The Morgan fingerprint density at radius 2 is 1.97 bits per heavy atom. The summed E-state index contributed by atoms with van der Waals surface area (Å²) in [5, 5.41) is 13.5. The maximum Gasteiger partial charge on any atom is 0.277 e. The van der Waals surface area contributed by atoms with Gasteiger partial charge in [0.2, 0.25) is 0 Å². The first-order valence-electron chi connectivity index (χ1n) is 11.2. The van der Waals surface area contributed by atoms with E-state index in [9.17, 15) is 18.8 Å². The second kappa shape index (κ2) is 9.73. The zero-order valence-corrected chi connectivity index (χ0v) is 20.2. The van der Waals surface area contributed by atoms with Crippen LogP contribution in [-0.2, 0) is 5.92 Å². The molecule has 8 nitrogen and oxygen atoms in total. The van der Waals surface area contributed by atoms with Crippen molar-refractivity contribution in [3.8, 4) is 28.4 Å². The molecule has 0 bridgehead atoms. The highest BCUT2D eigenvalue weighted by Gasteiger charge is 2.29. The molecule has 4 rings (SSSR count). The molecular weight excluding hydrogens is 468 g/mol. The van der Waals surface area contributed by atoms with Crippen LogP contribution < -0.4 is 10.1 Å². The van der Waals surface area contributed by atoms with Gasteiger partial charge in [0.25, 0.3) is 11.8 Å². The first-order valence-corrected chi connectivity index (χ1v) is 11.2. The fourth-order valence-corrected chi connectivity index (χ4v) is 4.02. The number of hydrogen-bond acceptors (Lipinski definition) is 6.